The van der Waals surface area contributed by atoms with E-state index in [-0.39, 0.29) is 0 Å². The van der Waals surface area contributed by atoms with Gasteiger partial charge in [0.25, 0.3) is 0 Å². The molecule has 3 nitrogen and oxygen atoms in total. The van der Waals surface area contributed by atoms with E-state index in [1.165, 1.54) is 10.7 Å². The van der Waals surface area contributed by atoms with Crippen molar-refractivity contribution in [2.24, 2.45) is 0 Å². The minimum Gasteiger partial charge on any atom is -0.316 e. The van der Waals surface area contributed by atoms with Crippen molar-refractivity contribution in [2.45, 2.75) is 12.7 Å². The van der Waals surface area contributed by atoms with Crippen molar-refractivity contribution in [3.05, 3.63) is 47.8 Å². The van der Waals surface area contributed by atoms with Gasteiger partial charge in [0, 0.05) is 18.3 Å². The summed E-state index contributed by atoms with van der Waals surface area (Å²) in [5.74, 6) is 0. The third-order valence-corrected chi connectivity index (χ3v) is 2.45. The van der Waals surface area contributed by atoms with Crippen molar-refractivity contribution in [2.75, 3.05) is 7.05 Å². The molecule has 0 bridgehead atoms. The highest BCUT2D eigenvalue weighted by molar-refractivity contribution is 5.36. The van der Waals surface area contributed by atoms with Crippen molar-refractivity contribution in [1.82, 2.24) is 15.1 Å². The van der Waals surface area contributed by atoms with Crippen LogP contribution in [0.2, 0.25) is 0 Å². The zero-order valence-electron chi connectivity index (χ0n) is 9.70. The molecule has 96 valence electrons. The van der Waals surface area contributed by atoms with Crippen LogP contribution in [-0.4, -0.2) is 16.8 Å². The molecule has 0 aliphatic heterocycles. The predicted octanol–water partition coefficient (Wildman–Crippen LogP) is 2.61. The van der Waals surface area contributed by atoms with Gasteiger partial charge in [0.05, 0.1) is 17.4 Å². The van der Waals surface area contributed by atoms with E-state index < -0.39 is 11.7 Å². The van der Waals surface area contributed by atoms with Crippen LogP contribution in [-0.2, 0) is 12.7 Å². The Morgan fingerprint density at radius 3 is 2.78 bits per heavy atom. The summed E-state index contributed by atoms with van der Waals surface area (Å²) < 4.78 is 39.1. The van der Waals surface area contributed by atoms with Gasteiger partial charge in [-0.05, 0) is 25.2 Å². The summed E-state index contributed by atoms with van der Waals surface area (Å²) in [6.45, 7) is 0.624. The number of rotatable bonds is 3. The van der Waals surface area contributed by atoms with E-state index in [1.54, 1.807) is 25.5 Å². The van der Waals surface area contributed by atoms with E-state index in [4.69, 9.17) is 0 Å². The molecular weight excluding hydrogens is 243 g/mol. The molecule has 0 aliphatic rings. The lowest BCUT2D eigenvalue weighted by Gasteiger charge is -2.08. The molecule has 0 radical (unpaired) electrons. The SMILES string of the molecule is CNCc1cnn(-c2cccc(C(F)(F)F)c2)c1. The van der Waals surface area contributed by atoms with Crippen molar-refractivity contribution in [3.8, 4) is 5.69 Å². The Hall–Kier alpha value is -1.82. The monoisotopic (exact) mass is 255 g/mol. The quantitative estimate of drug-likeness (QED) is 0.913. The van der Waals surface area contributed by atoms with E-state index in [0.717, 1.165) is 17.7 Å². The minimum absolute atomic E-state index is 0.396. The van der Waals surface area contributed by atoms with Gasteiger partial charge >= 0.3 is 6.18 Å². The average molecular weight is 255 g/mol. The summed E-state index contributed by atoms with van der Waals surface area (Å²) in [6, 6.07) is 5.08. The summed E-state index contributed by atoms with van der Waals surface area (Å²) in [7, 11) is 1.79. The molecular formula is C12H12F3N3. The summed E-state index contributed by atoms with van der Waals surface area (Å²) >= 11 is 0. The molecule has 0 fully saturated rings. The second-order valence-corrected chi connectivity index (χ2v) is 3.87. The van der Waals surface area contributed by atoms with Crippen LogP contribution in [0.1, 0.15) is 11.1 Å². The molecule has 0 saturated heterocycles. The van der Waals surface area contributed by atoms with Gasteiger partial charge in [-0.2, -0.15) is 18.3 Å². The Labute approximate surface area is 102 Å². The lowest BCUT2D eigenvalue weighted by Crippen LogP contribution is -2.06. The first kappa shape index (κ1) is 12.6. The Kier molecular flexibility index (Phi) is 3.38. The number of hydrogen-bond donors (Lipinski definition) is 1. The van der Waals surface area contributed by atoms with Crippen molar-refractivity contribution in [3.63, 3.8) is 0 Å². The van der Waals surface area contributed by atoms with Crippen LogP contribution in [0, 0.1) is 0 Å². The highest BCUT2D eigenvalue weighted by Crippen LogP contribution is 2.30. The Balaban J connectivity index is 2.32. The first-order valence-electron chi connectivity index (χ1n) is 5.36. The van der Waals surface area contributed by atoms with E-state index >= 15 is 0 Å². The largest absolute Gasteiger partial charge is 0.416 e. The molecule has 6 heteroatoms. The molecule has 0 unspecified atom stereocenters. The molecule has 0 spiro atoms. The Morgan fingerprint density at radius 2 is 2.11 bits per heavy atom. The van der Waals surface area contributed by atoms with Gasteiger partial charge in [-0.15, -0.1) is 0 Å². The number of nitrogens with zero attached hydrogens (tertiary/aromatic N) is 2. The first-order chi connectivity index (χ1) is 8.50. The number of benzene rings is 1. The smallest absolute Gasteiger partial charge is 0.316 e. The molecule has 1 N–H and O–H groups in total. The number of alkyl halides is 3. The minimum atomic E-state index is -4.34. The second-order valence-electron chi connectivity index (χ2n) is 3.87. The van der Waals surface area contributed by atoms with Crippen LogP contribution < -0.4 is 5.32 Å². The van der Waals surface area contributed by atoms with E-state index in [9.17, 15) is 13.2 Å². The molecule has 0 amide bonds. The zero-order chi connectivity index (χ0) is 13.2. The highest BCUT2D eigenvalue weighted by atomic mass is 19.4. The Morgan fingerprint density at radius 1 is 1.33 bits per heavy atom. The maximum absolute atomic E-state index is 12.6. The van der Waals surface area contributed by atoms with Crippen LogP contribution in [0.4, 0.5) is 13.2 Å². The fourth-order valence-corrected chi connectivity index (χ4v) is 1.62. The molecule has 2 aromatic rings. The fraction of sp³-hybridized carbons (Fsp3) is 0.250. The number of nitrogens with one attached hydrogen (secondary N) is 1. The average Bonchev–Trinajstić information content (AvgIpc) is 2.77. The van der Waals surface area contributed by atoms with Crippen LogP contribution >= 0.6 is 0 Å². The standard InChI is InChI=1S/C12H12F3N3/c1-16-6-9-7-17-18(8-9)11-4-2-3-10(5-11)12(13,14)15/h2-5,7-8,16H,6H2,1H3. The lowest BCUT2D eigenvalue weighted by molar-refractivity contribution is -0.137. The number of halogens is 3. The molecule has 2 rings (SSSR count). The van der Waals surface area contributed by atoms with Crippen molar-refractivity contribution < 1.29 is 13.2 Å². The Bertz CT molecular complexity index is 531. The van der Waals surface area contributed by atoms with Gasteiger partial charge in [0.15, 0.2) is 0 Å². The summed E-state index contributed by atoms with van der Waals surface area (Å²) in [6.07, 6.45) is -1.01. The zero-order valence-corrected chi connectivity index (χ0v) is 9.70. The van der Waals surface area contributed by atoms with Crippen molar-refractivity contribution in [1.29, 1.82) is 0 Å². The maximum atomic E-state index is 12.6. The second kappa shape index (κ2) is 4.81. The molecule has 1 aromatic carbocycles. The van der Waals surface area contributed by atoms with Crippen LogP contribution in [0.15, 0.2) is 36.7 Å². The van der Waals surface area contributed by atoms with Gasteiger partial charge < -0.3 is 5.32 Å². The lowest BCUT2D eigenvalue weighted by atomic mass is 10.2. The van der Waals surface area contributed by atoms with Crippen LogP contribution in [0.25, 0.3) is 5.69 Å². The van der Waals surface area contributed by atoms with Crippen LogP contribution in [0.3, 0.4) is 0 Å². The first-order valence-corrected chi connectivity index (χ1v) is 5.36. The summed E-state index contributed by atoms with van der Waals surface area (Å²) in [4.78, 5) is 0. The molecule has 1 aromatic heterocycles. The normalized spacial score (nSPS) is 11.8. The van der Waals surface area contributed by atoms with Gasteiger partial charge in [0.2, 0.25) is 0 Å². The highest BCUT2D eigenvalue weighted by Gasteiger charge is 2.30. The number of hydrogen-bond acceptors (Lipinski definition) is 2. The topological polar surface area (TPSA) is 29.9 Å². The molecule has 1 heterocycles. The molecule has 0 atom stereocenters. The van der Waals surface area contributed by atoms with Gasteiger partial charge in [-0.25, -0.2) is 4.68 Å². The predicted molar refractivity (Wildman–Crippen MR) is 61.3 cm³/mol. The summed E-state index contributed by atoms with van der Waals surface area (Å²) in [5, 5.41) is 6.99. The number of aromatic nitrogens is 2. The van der Waals surface area contributed by atoms with E-state index in [0.29, 0.717) is 12.2 Å². The summed E-state index contributed by atoms with van der Waals surface area (Å²) in [5.41, 5.74) is 0.632. The fourth-order valence-electron chi connectivity index (χ4n) is 1.62. The van der Waals surface area contributed by atoms with E-state index in [2.05, 4.69) is 10.4 Å². The van der Waals surface area contributed by atoms with E-state index in [1.807, 2.05) is 0 Å². The maximum Gasteiger partial charge on any atom is 0.416 e. The third kappa shape index (κ3) is 2.70. The molecule has 18 heavy (non-hydrogen) atoms. The molecule has 0 saturated carbocycles. The van der Waals surface area contributed by atoms with Crippen molar-refractivity contribution >= 4 is 0 Å². The molecule has 0 aliphatic carbocycles. The van der Waals surface area contributed by atoms with Crippen LogP contribution in [0.5, 0.6) is 0 Å². The van der Waals surface area contributed by atoms with Gasteiger partial charge in [-0.3, -0.25) is 0 Å². The van der Waals surface area contributed by atoms with Gasteiger partial charge in [0.1, 0.15) is 0 Å². The third-order valence-electron chi connectivity index (χ3n) is 2.45. The van der Waals surface area contributed by atoms with Gasteiger partial charge in [-0.1, -0.05) is 6.07 Å².